The van der Waals surface area contributed by atoms with Crippen LogP contribution in [-0.2, 0) is 0 Å². The summed E-state index contributed by atoms with van der Waals surface area (Å²) in [4.78, 5) is 14.4. The third kappa shape index (κ3) is 2.21. The standard InChI is InChI=1S/C14H16ClN3O/c1-10-5-7-17(9-12(10)15)14(19)11-8-16-18-6-3-2-4-13(11)18/h2-4,6,8,10,12H,5,7,9H2,1H3. The average molecular weight is 278 g/mol. The number of carbonyl (C=O) groups excluding carboxylic acids is 1. The minimum atomic E-state index is 0.0266. The van der Waals surface area contributed by atoms with E-state index in [1.165, 1.54) is 0 Å². The van der Waals surface area contributed by atoms with Crippen molar-refractivity contribution in [2.75, 3.05) is 13.1 Å². The van der Waals surface area contributed by atoms with Gasteiger partial charge in [0.1, 0.15) is 0 Å². The summed E-state index contributed by atoms with van der Waals surface area (Å²) in [5.74, 6) is 0.494. The van der Waals surface area contributed by atoms with Gasteiger partial charge in [-0.1, -0.05) is 13.0 Å². The van der Waals surface area contributed by atoms with Gasteiger partial charge in [0, 0.05) is 19.3 Å². The van der Waals surface area contributed by atoms with Crippen molar-refractivity contribution in [2.45, 2.75) is 18.7 Å². The van der Waals surface area contributed by atoms with Crippen molar-refractivity contribution in [1.82, 2.24) is 14.5 Å². The van der Waals surface area contributed by atoms with E-state index < -0.39 is 0 Å². The van der Waals surface area contributed by atoms with Crippen LogP contribution in [0.25, 0.3) is 5.52 Å². The number of rotatable bonds is 1. The van der Waals surface area contributed by atoms with Crippen molar-refractivity contribution in [1.29, 1.82) is 0 Å². The monoisotopic (exact) mass is 277 g/mol. The van der Waals surface area contributed by atoms with Crippen LogP contribution in [0.2, 0.25) is 0 Å². The molecule has 1 aliphatic rings. The minimum absolute atomic E-state index is 0.0266. The predicted octanol–water partition coefficient (Wildman–Crippen LogP) is 2.42. The van der Waals surface area contributed by atoms with Crippen molar-refractivity contribution in [3.63, 3.8) is 0 Å². The first kappa shape index (κ1) is 12.5. The maximum absolute atomic E-state index is 12.5. The van der Waals surface area contributed by atoms with Crippen LogP contribution in [0.1, 0.15) is 23.7 Å². The Morgan fingerprint density at radius 3 is 3.11 bits per heavy atom. The highest BCUT2D eigenvalue weighted by molar-refractivity contribution is 6.21. The molecule has 5 heteroatoms. The van der Waals surface area contributed by atoms with E-state index in [1.54, 1.807) is 10.7 Å². The normalized spacial score (nSPS) is 23.8. The van der Waals surface area contributed by atoms with Crippen LogP contribution in [0, 0.1) is 5.92 Å². The number of hydrogen-bond acceptors (Lipinski definition) is 2. The molecule has 2 atom stereocenters. The van der Waals surface area contributed by atoms with Crippen LogP contribution in [0.15, 0.2) is 30.6 Å². The number of pyridine rings is 1. The van der Waals surface area contributed by atoms with E-state index >= 15 is 0 Å². The smallest absolute Gasteiger partial charge is 0.257 e. The van der Waals surface area contributed by atoms with Crippen LogP contribution in [0.5, 0.6) is 0 Å². The van der Waals surface area contributed by atoms with E-state index in [0.29, 0.717) is 18.0 Å². The van der Waals surface area contributed by atoms with Gasteiger partial charge < -0.3 is 4.90 Å². The molecule has 1 aliphatic heterocycles. The molecule has 1 amide bonds. The summed E-state index contributed by atoms with van der Waals surface area (Å²) in [6, 6.07) is 5.72. The molecular formula is C14H16ClN3O. The number of halogens is 1. The van der Waals surface area contributed by atoms with E-state index in [9.17, 15) is 4.79 Å². The second-order valence-corrected chi connectivity index (χ2v) is 5.68. The van der Waals surface area contributed by atoms with Gasteiger partial charge in [-0.05, 0) is 24.5 Å². The lowest BCUT2D eigenvalue weighted by Crippen LogP contribution is -2.43. The van der Waals surface area contributed by atoms with Crippen LogP contribution < -0.4 is 0 Å². The topological polar surface area (TPSA) is 37.6 Å². The Hall–Kier alpha value is -1.55. The van der Waals surface area contributed by atoms with Crippen LogP contribution in [0.3, 0.4) is 0 Å². The molecule has 2 aromatic rings. The lowest BCUT2D eigenvalue weighted by Gasteiger charge is -2.33. The Morgan fingerprint density at radius 2 is 2.32 bits per heavy atom. The molecule has 0 N–H and O–H groups in total. The minimum Gasteiger partial charge on any atom is -0.337 e. The Balaban J connectivity index is 1.88. The van der Waals surface area contributed by atoms with Gasteiger partial charge in [0.15, 0.2) is 0 Å². The van der Waals surface area contributed by atoms with Gasteiger partial charge in [-0.3, -0.25) is 4.79 Å². The zero-order valence-electron chi connectivity index (χ0n) is 10.8. The van der Waals surface area contributed by atoms with Crippen molar-refractivity contribution >= 4 is 23.0 Å². The largest absolute Gasteiger partial charge is 0.337 e. The quantitative estimate of drug-likeness (QED) is 0.751. The highest BCUT2D eigenvalue weighted by Gasteiger charge is 2.29. The second-order valence-electron chi connectivity index (χ2n) is 5.12. The number of amides is 1. The third-order valence-electron chi connectivity index (χ3n) is 3.81. The molecule has 100 valence electrons. The number of hydrogen-bond donors (Lipinski definition) is 0. The molecule has 0 spiro atoms. The maximum Gasteiger partial charge on any atom is 0.257 e. The van der Waals surface area contributed by atoms with E-state index in [2.05, 4.69) is 12.0 Å². The molecule has 1 fully saturated rings. The first-order valence-corrected chi connectivity index (χ1v) is 6.96. The SMILES string of the molecule is CC1CCN(C(=O)c2cnn3ccccc23)CC1Cl. The Morgan fingerprint density at radius 1 is 1.47 bits per heavy atom. The Labute approximate surface area is 117 Å². The number of piperidine rings is 1. The molecule has 1 saturated heterocycles. The molecule has 4 nitrogen and oxygen atoms in total. The fourth-order valence-electron chi connectivity index (χ4n) is 2.48. The van der Waals surface area contributed by atoms with Crippen LogP contribution >= 0.6 is 11.6 Å². The Kier molecular flexibility index (Phi) is 3.19. The molecule has 0 bridgehead atoms. The molecule has 3 rings (SSSR count). The maximum atomic E-state index is 12.5. The van der Waals surface area contributed by atoms with Gasteiger partial charge in [0.2, 0.25) is 0 Å². The third-order valence-corrected chi connectivity index (χ3v) is 4.38. The van der Waals surface area contributed by atoms with E-state index in [-0.39, 0.29) is 11.3 Å². The van der Waals surface area contributed by atoms with Gasteiger partial charge in [0.25, 0.3) is 5.91 Å². The fraction of sp³-hybridized carbons (Fsp3) is 0.429. The first-order chi connectivity index (χ1) is 9.16. The van der Waals surface area contributed by atoms with Crippen LogP contribution in [-0.4, -0.2) is 38.9 Å². The fourth-order valence-corrected chi connectivity index (χ4v) is 2.77. The summed E-state index contributed by atoms with van der Waals surface area (Å²) in [6.45, 7) is 3.52. The Bertz CT molecular complexity index is 610. The summed E-state index contributed by atoms with van der Waals surface area (Å²) in [5, 5.41) is 4.25. The number of fused-ring (bicyclic) bond motifs is 1. The predicted molar refractivity (Wildman–Crippen MR) is 74.5 cm³/mol. The lowest BCUT2D eigenvalue weighted by atomic mass is 9.98. The zero-order valence-corrected chi connectivity index (χ0v) is 11.5. The highest BCUT2D eigenvalue weighted by Crippen LogP contribution is 2.24. The molecule has 3 heterocycles. The lowest BCUT2D eigenvalue weighted by molar-refractivity contribution is 0.0703. The molecule has 2 unspecified atom stereocenters. The van der Waals surface area contributed by atoms with Crippen molar-refractivity contribution in [2.24, 2.45) is 5.92 Å². The summed E-state index contributed by atoms with van der Waals surface area (Å²) in [6.07, 6.45) is 4.44. The molecule has 0 radical (unpaired) electrons. The number of carbonyl (C=O) groups is 1. The van der Waals surface area contributed by atoms with E-state index in [4.69, 9.17) is 11.6 Å². The van der Waals surface area contributed by atoms with Crippen molar-refractivity contribution < 1.29 is 4.79 Å². The van der Waals surface area contributed by atoms with Gasteiger partial charge in [-0.15, -0.1) is 11.6 Å². The molecule has 0 aromatic carbocycles. The molecule has 2 aromatic heterocycles. The summed E-state index contributed by atoms with van der Waals surface area (Å²) in [7, 11) is 0. The molecule has 0 aliphatic carbocycles. The van der Waals surface area contributed by atoms with Gasteiger partial charge >= 0.3 is 0 Å². The average Bonchev–Trinajstić information content (AvgIpc) is 2.85. The van der Waals surface area contributed by atoms with Crippen molar-refractivity contribution in [3.8, 4) is 0 Å². The summed E-state index contributed by atoms with van der Waals surface area (Å²) >= 11 is 6.27. The number of likely N-dealkylation sites (tertiary alicyclic amines) is 1. The van der Waals surface area contributed by atoms with Crippen LogP contribution in [0.4, 0.5) is 0 Å². The molecule has 19 heavy (non-hydrogen) atoms. The molecular weight excluding hydrogens is 262 g/mol. The first-order valence-electron chi connectivity index (χ1n) is 6.52. The number of nitrogens with zero attached hydrogens (tertiary/aromatic N) is 3. The van der Waals surface area contributed by atoms with E-state index in [1.807, 2.05) is 29.3 Å². The number of aromatic nitrogens is 2. The van der Waals surface area contributed by atoms with Gasteiger partial charge in [0.05, 0.1) is 22.7 Å². The van der Waals surface area contributed by atoms with E-state index in [0.717, 1.165) is 18.5 Å². The molecule has 0 saturated carbocycles. The number of alkyl halides is 1. The highest BCUT2D eigenvalue weighted by atomic mass is 35.5. The zero-order chi connectivity index (χ0) is 13.4. The summed E-state index contributed by atoms with van der Waals surface area (Å²) < 4.78 is 1.72. The summed E-state index contributed by atoms with van der Waals surface area (Å²) in [5.41, 5.74) is 1.50. The van der Waals surface area contributed by atoms with Gasteiger partial charge in [-0.2, -0.15) is 5.10 Å². The second kappa shape index (κ2) is 4.85. The van der Waals surface area contributed by atoms with Crippen molar-refractivity contribution in [3.05, 3.63) is 36.2 Å². The van der Waals surface area contributed by atoms with Gasteiger partial charge in [-0.25, -0.2) is 4.52 Å².